The first-order valence-electron chi connectivity index (χ1n) is 13.4. The van der Waals surface area contributed by atoms with Crippen LogP contribution in [0.2, 0.25) is 0 Å². The molecule has 0 atom stereocenters. The highest BCUT2D eigenvalue weighted by atomic mass is 19.4. The molecule has 0 saturated heterocycles. The third-order valence-corrected chi connectivity index (χ3v) is 6.34. The fourth-order valence-electron chi connectivity index (χ4n) is 4.29. The molecule has 3 rings (SSSR count). The first kappa shape index (κ1) is 31.5. The number of carbonyl (C=O) groups is 1. The number of amides is 1. The minimum absolute atomic E-state index is 0.00551. The van der Waals surface area contributed by atoms with Crippen molar-refractivity contribution in [3.63, 3.8) is 0 Å². The third kappa shape index (κ3) is 10.2. The number of nitrogens with zero attached hydrogens (tertiary/aromatic N) is 3. The van der Waals surface area contributed by atoms with Crippen LogP contribution in [-0.2, 0) is 41.4 Å². The van der Waals surface area contributed by atoms with Crippen LogP contribution >= 0.6 is 0 Å². The van der Waals surface area contributed by atoms with Crippen molar-refractivity contribution in [3.8, 4) is 5.88 Å². The molecule has 8 nitrogen and oxygen atoms in total. The molecule has 2 N–H and O–H groups in total. The number of para-hydroxylation sites is 1. The maximum atomic E-state index is 13.7. The highest BCUT2D eigenvalue weighted by Crippen LogP contribution is 2.32. The minimum Gasteiger partial charge on any atom is -0.481 e. The predicted octanol–water partition coefficient (Wildman–Crippen LogP) is 5.82. The Morgan fingerprint density at radius 1 is 1.02 bits per heavy atom. The average Bonchev–Trinajstić information content (AvgIpc) is 2.95. The quantitative estimate of drug-likeness (QED) is 0.165. The molecule has 2 heterocycles. The van der Waals surface area contributed by atoms with Crippen molar-refractivity contribution >= 4 is 17.4 Å². The molecule has 0 aliphatic heterocycles. The summed E-state index contributed by atoms with van der Waals surface area (Å²) < 4.78 is 51.4. The van der Waals surface area contributed by atoms with Crippen LogP contribution in [0.3, 0.4) is 0 Å². The molecule has 0 bridgehead atoms. The molecule has 0 aliphatic carbocycles. The van der Waals surface area contributed by atoms with Crippen LogP contribution in [0.15, 0.2) is 55.3 Å². The largest absolute Gasteiger partial charge is 0.481 e. The van der Waals surface area contributed by atoms with Crippen LogP contribution in [0, 0.1) is 0 Å². The Kier molecular flexibility index (Phi) is 12.1. The molecule has 41 heavy (non-hydrogen) atoms. The smallest absolute Gasteiger partial charge is 0.419 e. The number of hydrogen-bond acceptors (Lipinski definition) is 7. The van der Waals surface area contributed by atoms with Gasteiger partial charge in [-0.05, 0) is 67.9 Å². The van der Waals surface area contributed by atoms with Crippen LogP contribution < -0.4 is 15.4 Å². The van der Waals surface area contributed by atoms with Crippen molar-refractivity contribution < 1.29 is 27.4 Å². The zero-order valence-corrected chi connectivity index (χ0v) is 23.4. The Bertz CT molecular complexity index is 1300. The van der Waals surface area contributed by atoms with Crippen LogP contribution in [0.1, 0.15) is 47.5 Å². The monoisotopic (exact) mass is 571 g/mol. The van der Waals surface area contributed by atoms with E-state index in [1.54, 1.807) is 20.3 Å². The molecule has 220 valence electrons. The summed E-state index contributed by atoms with van der Waals surface area (Å²) in [6.45, 7) is 4.58. The van der Waals surface area contributed by atoms with Crippen LogP contribution in [-0.4, -0.2) is 48.2 Å². The number of aromatic nitrogens is 3. The van der Waals surface area contributed by atoms with E-state index in [1.165, 1.54) is 6.08 Å². The van der Waals surface area contributed by atoms with Gasteiger partial charge in [0, 0.05) is 38.0 Å². The van der Waals surface area contributed by atoms with E-state index in [4.69, 9.17) is 9.47 Å². The number of aryl methyl sites for hydroxylation is 4. The number of halogens is 3. The van der Waals surface area contributed by atoms with Crippen molar-refractivity contribution in [2.75, 3.05) is 38.0 Å². The van der Waals surface area contributed by atoms with Gasteiger partial charge in [-0.3, -0.25) is 4.79 Å². The predicted molar refractivity (Wildman–Crippen MR) is 152 cm³/mol. The second-order valence-electron chi connectivity index (χ2n) is 9.38. The van der Waals surface area contributed by atoms with E-state index in [2.05, 4.69) is 32.2 Å². The Labute approximate surface area is 238 Å². The molecule has 3 aromatic rings. The fourth-order valence-corrected chi connectivity index (χ4v) is 4.29. The average molecular weight is 572 g/mol. The van der Waals surface area contributed by atoms with Crippen molar-refractivity contribution in [1.29, 1.82) is 0 Å². The summed E-state index contributed by atoms with van der Waals surface area (Å²) in [5.41, 5.74) is 1.76. The van der Waals surface area contributed by atoms with Gasteiger partial charge in [0.25, 0.3) is 0 Å². The van der Waals surface area contributed by atoms with Gasteiger partial charge < -0.3 is 20.1 Å². The number of hydrogen-bond donors (Lipinski definition) is 2. The van der Waals surface area contributed by atoms with Gasteiger partial charge in [0.15, 0.2) is 0 Å². The number of carbonyl (C=O) groups excluding carboxylic acids is 1. The summed E-state index contributed by atoms with van der Waals surface area (Å²) >= 11 is 0. The summed E-state index contributed by atoms with van der Waals surface area (Å²) in [5.74, 6) is 1.20. The standard InChI is InChI=1S/C30H36F3N5O3/c1-4-28(39)37-24-13-7-5-11-22(24)12-6-8-14-25-23(30(31,32)33)20-35-26(36-25)15-9-10-21-18-27(34-16-17-40-2)38-29(19-21)41-3/h4-5,7,11,13,18-20H,1,6,8-10,12,14-17H2,2-3H3,(H,34,38)(H,37,39). The van der Waals surface area contributed by atoms with Gasteiger partial charge in [-0.15, -0.1) is 0 Å². The first-order chi connectivity index (χ1) is 19.7. The zero-order valence-electron chi connectivity index (χ0n) is 23.4. The molecule has 0 fully saturated rings. The molecular weight excluding hydrogens is 535 g/mol. The van der Waals surface area contributed by atoms with Crippen LogP contribution in [0.5, 0.6) is 5.88 Å². The van der Waals surface area contributed by atoms with Gasteiger partial charge in [-0.25, -0.2) is 9.97 Å². The summed E-state index contributed by atoms with van der Waals surface area (Å²) in [7, 11) is 3.16. The summed E-state index contributed by atoms with van der Waals surface area (Å²) in [5, 5.41) is 5.94. The first-order valence-corrected chi connectivity index (χ1v) is 13.4. The Hall–Kier alpha value is -3.99. The van der Waals surface area contributed by atoms with Crippen molar-refractivity contribution in [2.45, 2.75) is 51.1 Å². The molecule has 0 radical (unpaired) electrons. The van der Waals surface area contributed by atoms with Crippen LogP contribution in [0.4, 0.5) is 24.7 Å². The number of benzene rings is 1. The number of unbranched alkanes of at least 4 members (excludes halogenated alkanes) is 1. The van der Waals surface area contributed by atoms with Crippen molar-refractivity contribution in [3.05, 3.63) is 83.5 Å². The maximum Gasteiger partial charge on any atom is 0.419 e. The molecule has 0 unspecified atom stereocenters. The Morgan fingerprint density at radius 2 is 1.80 bits per heavy atom. The lowest BCUT2D eigenvalue weighted by Gasteiger charge is -2.14. The molecular formula is C30H36F3N5O3. The second-order valence-corrected chi connectivity index (χ2v) is 9.38. The molecule has 1 aromatic carbocycles. The summed E-state index contributed by atoms with van der Waals surface area (Å²) in [6.07, 6.45) is 1.17. The number of methoxy groups -OCH3 is 2. The van der Waals surface area contributed by atoms with E-state index < -0.39 is 11.7 Å². The highest BCUT2D eigenvalue weighted by molar-refractivity contribution is 5.99. The van der Waals surface area contributed by atoms with E-state index >= 15 is 0 Å². The third-order valence-electron chi connectivity index (χ3n) is 6.34. The fraction of sp³-hybridized carbons (Fsp3) is 0.400. The lowest BCUT2D eigenvalue weighted by molar-refractivity contribution is -0.138. The topological polar surface area (TPSA) is 98.3 Å². The number of ether oxygens (including phenoxy) is 2. The maximum absolute atomic E-state index is 13.7. The summed E-state index contributed by atoms with van der Waals surface area (Å²) in [6, 6.07) is 11.1. The second kappa shape index (κ2) is 15.7. The van der Waals surface area contributed by atoms with Gasteiger partial charge in [0.1, 0.15) is 11.6 Å². The lowest BCUT2D eigenvalue weighted by Crippen LogP contribution is -2.14. The van der Waals surface area contributed by atoms with Gasteiger partial charge in [0.05, 0.1) is 25.0 Å². The molecule has 11 heteroatoms. The number of alkyl halides is 3. The Morgan fingerprint density at radius 3 is 2.54 bits per heavy atom. The van der Waals surface area contributed by atoms with E-state index in [0.29, 0.717) is 74.9 Å². The number of anilines is 2. The zero-order chi connectivity index (χ0) is 29.7. The van der Waals surface area contributed by atoms with E-state index in [-0.39, 0.29) is 18.0 Å². The van der Waals surface area contributed by atoms with E-state index in [1.807, 2.05) is 30.3 Å². The van der Waals surface area contributed by atoms with E-state index in [0.717, 1.165) is 17.3 Å². The van der Waals surface area contributed by atoms with Gasteiger partial charge in [-0.1, -0.05) is 24.8 Å². The molecule has 2 aromatic heterocycles. The van der Waals surface area contributed by atoms with Gasteiger partial charge in [0.2, 0.25) is 11.8 Å². The minimum atomic E-state index is -4.53. The lowest BCUT2D eigenvalue weighted by atomic mass is 10.0. The van der Waals surface area contributed by atoms with E-state index in [9.17, 15) is 18.0 Å². The highest BCUT2D eigenvalue weighted by Gasteiger charge is 2.34. The molecule has 0 spiro atoms. The Balaban J connectivity index is 1.62. The number of pyridine rings is 1. The summed E-state index contributed by atoms with van der Waals surface area (Å²) in [4.78, 5) is 24.4. The normalized spacial score (nSPS) is 11.2. The van der Waals surface area contributed by atoms with Crippen molar-refractivity contribution in [1.82, 2.24) is 15.0 Å². The van der Waals surface area contributed by atoms with Gasteiger partial charge >= 0.3 is 6.18 Å². The SMILES string of the molecule is C=CC(=O)Nc1ccccc1CCCCc1nc(CCCc2cc(NCCOC)nc(OC)c2)ncc1C(F)(F)F. The van der Waals surface area contributed by atoms with Crippen molar-refractivity contribution in [2.24, 2.45) is 0 Å². The van der Waals surface area contributed by atoms with Gasteiger partial charge in [-0.2, -0.15) is 18.2 Å². The number of rotatable bonds is 16. The molecule has 1 amide bonds. The number of nitrogens with one attached hydrogen (secondary N) is 2. The molecule has 0 saturated carbocycles. The molecule has 0 aliphatic rings. The van der Waals surface area contributed by atoms with Crippen LogP contribution in [0.25, 0.3) is 0 Å².